The Balaban J connectivity index is 1.57. The number of hydrogen-bond donors (Lipinski definition) is 2. The zero-order valence-corrected chi connectivity index (χ0v) is 13.2. The van der Waals surface area contributed by atoms with Crippen molar-refractivity contribution >= 4 is 17.4 Å². The second-order valence-corrected chi connectivity index (χ2v) is 5.96. The lowest BCUT2D eigenvalue weighted by atomic mass is 10.2. The van der Waals surface area contributed by atoms with E-state index in [9.17, 15) is 0 Å². The minimum absolute atomic E-state index is 0.602. The molecule has 0 saturated heterocycles. The molecule has 1 saturated carbocycles. The molecule has 3 aromatic rings. The highest BCUT2D eigenvalue weighted by Crippen LogP contribution is 2.24. The molecule has 0 atom stereocenters. The number of nitrogens with zero attached hydrogens (tertiary/aromatic N) is 5. The molecular formula is C16H19N7. The molecule has 118 valence electrons. The zero-order chi connectivity index (χ0) is 15.8. The van der Waals surface area contributed by atoms with E-state index in [4.69, 9.17) is 0 Å². The lowest BCUT2D eigenvalue weighted by molar-refractivity contribution is 0.902. The molecule has 7 heteroatoms. The van der Waals surface area contributed by atoms with Gasteiger partial charge in [0.05, 0.1) is 0 Å². The molecule has 0 bridgehead atoms. The van der Waals surface area contributed by atoms with Gasteiger partial charge in [0.25, 0.3) is 5.78 Å². The number of pyridine rings is 1. The van der Waals surface area contributed by atoms with Crippen LogP contribution in [0.15, 0.2) is 24.7 Å². The van der Waals surface area contributed by atoms with E-state index in [0.29, 0.717) is 18.4 Å². The summed E-state index contributed by atoms with van der Waals surface area (Å²) in [6, 6.07) is 4.71. The molecule has 0 amide bonds. The minimum atomic E-state index is 0.602. The average Bonchev–Trinajstić information content (AvgIpc) is 3.24. The third kappa shape index (κ3) is 2.81. The van der Waals surface area contributed by atoms with Gasteiger partial charge in [0, 0.05) is 30.0 Å². The standard InChI is InChI=1S/C16H19N7/c1-10-11(2)21-16-19-9-20-23(16)15(10)18-8-12-5-6-17-14(7-12)22-13-3-4-13/h5-7,9,13,18H,3-4,8H2,1-2H3,(H,17,22). The van der Waals surface area contributed by atoms with E-state index < -0.39 is 0 Å². The number of hydrogen-bond acceptors (Lipinski definition) is 6. The lowest BCUT2D eigenvalue weighted by Gasteiger charge is -2.13. The molecule has 3 aromatic heterocycles. The van der Waals surface area contributed by atoms with Gasteiger partial charge in [0.2, 0.25) is 0 Å². The van der Waals surface area contributed by atoms with Crippen molar-refractivity contribution in [1.82, 2.24) is 24.6 Å². The molecule has 1 fully saturated rings. The molecule has 0 aliphatic heterocycles. The van der Waals surface area contributed by atoms with Crippen molar-refractivity contribution in [2.45, 2.75) is 39.3 Å². The quantitative estimate of drug-likeness (QED) is 0.753. The maximum atomic E-state index is 4.43. The van der Waals surface area contributed by atoms with Crippen molar-refractivity contribution in [3.8, 4) is 0 Å². The summed E-state index contributed by atoms with van der Waals surface area (Å²) >= 11 is 0. The lowest BCUT2D eigenvalue weighted by Crippen LogP contribution is -2.10. The summed E-state index contributed by atoms with van der Waals surface area (Å²) in [5, 5.41) is 11.1. The zero-order valence-electron chi connectivity index (χ0n) is 13.2. The van der Waals surface area contributed by atoms with Crippen LogP contribution in [-0.2, 0) is 6.54 Å². The summed E-state index contributed by atoms with van der Waals surface area (Å²) in [4.78, 5) is 13.0. The number of aryl methyl sites for hydroxylation is 1. The van der Waals surface area contributed by atoms with Crippen LogP contribution in [0, 0.1) is 13.8 Å². The van der Waals surface area contributed by atoms with Crippen molar-refractivity contribution < 1.29 is 0 Å². The summed E-state index contributed by atoms with van der Waals surface area (Å²) < 4.78 is 1.74. The van der Waals surface area contributed by atoms with Gasteiger partial charge in [-0.05, 0) is 44.4 Å². The molecule has 3 heterocycles. The van der Waals surface area contributed by atoms with Crippen LogP contribution < -0.4 is 10.6 Å². The first-order valence-corrected chi connectivity index (χ1v) is 7.83. The average molecular weight is 309 g/mol. The Morgan fingerprint density at radius 1 is 1.26 bits per heavy atom. The fraction of sp³-hybridized carbons (Fsp3) is 0.375. The molecule has 0 aromatic carbocycles. The van der Waals surface area contributed by atoms with Gasteiger partial charge >= 0.3 is 0 Å². The van der Waals surface area contributed by atoms with Crippen LogP contribution in [0.3, 0.4) is 0 Å². The van der Waals surface area contributed by atoms with E-state index in [1.54, 1.807) is 4.52 Å². The van der Waals surface area contributed by atoms with Crippen molar-refractivity contribution in [1.29, 1.82) is 0 Å². The van der Waals surface area contributed by atoms with E-state index in [2.05, 4.69) is 36.8 Å². The SMILES string of the molecule is Cc1nc2ncnn2c(NCc2ccnc(NC3CC3)c2)c1C. The second kappa shape index (κ2) is 5.49. The Kier molecular flexibility index (Phi) is 3.33. The summed E-state index contributed by atoms with van der Waals surface area (Å²) in [5.41, 5.74) is 3.21. The number of aromatic nitrogens is 5. The van der Waals surface area contributed by atoms with Crippen LogP contribution in [0.5, 0.6) is 0 Å². The topological polar surface area (TPSA) is 80.0 Å². The first kappa shape index (κ1) is 13.9. The highest BCUT2D eigenvalue weighted by molar-refractivity contribution is 5.52. The van der Waals surface area contributed by atoms with E-state index in [0.717, 1.165) is 22.9 Å². The van der Waals surface area contributed by atoms with Crippen molar-refractivity contribution in [2.75, 3.05) is 10.6 Å². The van der Waals surface area contributed by atoms with Crippen LogP contribution >= 0.6 is 0 Å². The number of nitrogens with one attached hydrogen (secondary N) is 2. The Bertz CT molecular complexity index is 851. The van der Waals surface area contributed by atoms with Crippen molar-refractivity contribution in [3.63, 3.8) is 0 Å². The minimum Gasteiger partial charge on any atom is -0.367 e. The molecule has 2 N–H and O–H groups in total. The highest BCUT2D eigenvalue weighted by atomic mass is 15.4. The smallest absolute Gasteiger partial charge is 0.254 e. The number of fused-ring (bicyclic) bond motifs is 1. The predicted molar refractivity (Wildman–Crippen MR) is 88.5 cm³/mol. The fourth-order valence-corrected chi connectivity index (χ4v) is 2.53. The van der Waals surface area contributed by atoms with E-state index in [1.807, 2.05) is 26.1 Å². The molecule has 7 nitrogen and oxygen atoms in total. The van der Waals surface area contributed by atoms with Crippen LogP contribution in [0.1, 0.15) is 29.7 Å². The van der Waals surface area contributed by atoms with Gasteiger partial charge in [-0.15, -0.1) is 0 Å². The van der Waals surface area contributed by atoms with Gasteiger partial charge in [-0.2, -0.15) is 14.6 Å². The van der Waals surface area contributed by atoms with Crippen LogP contribution in [-0.4, -0.2) is 30.6 Å². The van der Waals surface area contributed by atoms with Gasteiger partial charge in [0.1, 0.15) is 18.0 Å². The van der Waals surface area contributed by atoms with Crippen molar-refractivity contribution in [2.24, 2.45) is 0 Å². The summed E-state index contributed by atoms with van der Waals surface area (Å²) in [6.45, 7) is 4.72. The molecule has 1 aliphatic carbocycles. The van der Waals surface area contributed by atoms with Gasteiger partial charge in [-0.25, -0.2) is 9.97 Å². The molecule has 0 radical (unpaired) electrons. The molecular weight excluding hydrogens is 290 g/mol. The Morgan fingerprint density at radius 3 is 2.96 bits per heavy atom. The van der Waals surface area contributed by atoms with Crippen LogP contribution in [0.2, 0.25) is 0 Å². The Hall–Kier alpha value is -2.70. The Morgan fingerprint density at radius 2 is 2.13 bits per heavy atom. The second-order valence-electron chi connectivity index (χ2n) is 5.96. The molecule has 0 spiro atoms. The predicted octanol–water partition coefficient (Wildman–Crippen LogP) is 2.32. The maximum absolute atomic E-state index is 4.43. The van der Waals surface area contributed by atoms with E-state index in [-0.39, 0.29) is 0 Å². The van der Waals surface area contributed by atoms with Gasteiger partial charge in [0.15, 0.2) is 0 Å². The van der Waals surface area contributed by atoms with Crippen LogP contribution in [0.25, 0.3) is 5.78 Å². The molecule has 23 heavy (non-hydrogen) atoms. The normalized spacial score (nSPS) is 14.2. The maximum Gasteiger partial charge on any atom is 0.254 e. The summed E-state index contributed by atoms with van der Waals surface area (Å²) in [5.74, 6) is 2.49. The molecule has 0 unspecified atom stereocenters. The Labute approximate surface area is 134 Å². The van der Waals surface area contributed by atoms with Crippen molar-refractivity contribution in [3.05, 3.63) is 41.5 Å². The fourth-order valence-electron chi connectivity index (χ4n) is 2.53. The van der Waals surface area contributed by atoms with E-state index >= 15 is 0 Å². The number of rotatable bonds is 5. The third-order valence-corrected chi connectivity index (χ3v) is 4.12. The molecule has 1 aliphatic rings. The first-order valence-electron chi connectivity index (χ1n) is 7.83. The van der Waals surface area contributed by atoms with E-state index in [1.165, 1.54) is 24.7 Å². The number of anilines is 2. The van der Waals surface area contributed by atoms with Gasteiger partial charge < -0.3 is 10.6 Å². The monoisotopic (exact) mass is 309 g/mol. The first-order chi connectivity index (χ1) is 11.2. The van der Waals surface area contributed by atoms with Gasteiger partial charge in [-0.3, -0.25) is 0 Å². The summed E-state index contributed by atoms with van der Waals surface area (Å²) in [7, 11) is 0. The summed E-state index contributed by atoms with van der Waals surface area (Å²) in [6.07, 6.45) is 5.85. The van der Waals surface area contributed by atoms with Crippen LogP contribution in [0.4, 0.5) is 11.6 Å². The van der Waals surface area contributed by atoms with Gasteiger partial charge in [-0.1, -0.05) is 0 Å². The largest absolute Gasteiger partial charge is 0.367 e. The highest BCUT2D eigenvalue weighted by Gasteiger charge is 2.21. The molecule has 4 rings (SSSR count). The third-order valence-electron chi connectivity index (χ3n) is 4.12.